The van der Waals surface area contributed by atoms with Gasteiger partial charge in [-0.05, 0) is 19.1 Å². The van der Waals surface area contributed by atoms with Crippen LogP contribution >= 0.6 is 0 Å². The summed E-state index contributed by atoms with van der Waals surface area (Å²) in [6.07, 6.45) is 3.24. The monoisotopic (exact) mass is 329 g/mol. The molecule has 1 aromatic carbocycles. The standard InChI is InChI=1S/C14H15N7O3/c1-8(7-20-4-3-16-18-20)21-13(22)10-5-11(15)9(14(23)24-2)6-12(10)17-19-21/h3-6,8H,7,15H2,1-2H3. The van der Waals surface area contributed by atoms with E-state index in [4.69, 9.17) is 5.73 Å². The Morgan fingerprint density at radius 2 is 2.17 bits per heavy atom. The van der Waals surface area contributed by atoms with Crippen LogP contribution in [0.1, 0.15) is 23.3 Å². The number of nitrogens with two attached hydrogens (primary N) is 1. The maximum atomic E-state index is 12.6. The lowest BCUT2D eigenvalue weighted by Gasteiger charge is -2.13. The van der Waals surface area contributed by atoms with Crippen molar-refractivity contribution in [2.75, 3.05) is 12.8 Å². The number of hydrogen-bond donors (Lipinski definition) is 1. The molecule has 0 fully saturated rings. The molecule has 0 aliphatic heterocycles. The number of carbonyl (C=O) groups excluding carboxylic acids is 1. The van der Waals surface area contributed by atoms with Gasteiger partial charge < -0.3 is 10.5 Å². The van der Waals surface area contributed by atoms with Gasteiger partial charge in [0, 0.05) is 11.9 Å². The molecule has 0 spiro atoms. The molecule has 1 unspecified atom stereocenters. The summed E-state index contributed by atoms with van der Waals surface area (Å²) in [5, 5.41) is 15.8. The lowest BCUT2D eigenvalue weighted by atomic mass is 10.1. The highest BCUT2D eigenvalue weighted by molar-refractivity contribution is 5.99. The predicted molar refractivity (Wildman–Crippen MR) is 84.3 cm³/mol. The highest BCUT2D eigenvalue weighted by Gasteiger charge is 2.17. The molecule has 0 bridgehead atoms. The van der Waals surface area contributed by atoms with Gasteiger partial charge >= 0.3 is 5.97 Å². The largest absolute Gasteiger partial charge is 0.465 e. The zero-order valence-electron chi connectivity index (χ0n) is 13.1. The smallest absolute Gasteiger partial charge is 0.340 e. The van der Waals surface area contributed by atoms with Crippen molar-refractivity contribution >= 4 is 22.6 Å². The number of esters is 1. The van der Waals surface area contributed by atoms with Crippen LogP contribution in [0.2, 0.25) is 0 Å². The molecule has 3 aromatic rings. The second kappa shape index (κ2) is 6.07. The van der Waals surface area contributed by atoms with Crippen molar-refractivity contribution in [3.63, 3.8) is 0 Å². The maximum absolute atomic E-state index is 12.6. The third-order valence-corrected chi connectivity index (χ3v) is 3.60. The van der Waals surface area contributed by atoms with E-state index in [1.54, 1.807) is 17.1 Å². The fourth-order valence-electron chi connectivity index (χ4n) is 2.37. The zero-order chi connectivity index (χ0) is 17.3. The summed E-state index contributed by atoms with van der Waals surface area (Å²) in [6.45, 7) is 2.23. The van der Waals surface area contributed by atoms with E-state index in [0.717, 1.165) is 0 Å². The number of methoxy groups -OCH3 is 1. The SMILES string of the molecule is COC(=O)c1cc2nnn(C(C)Cn3ccnn3)c(=O)c2cc1N. The Balaban J connectivity index is 2.04. The lowest BCUT2D eigenvalue weighted by Crippen LogP contribution is -2.29. The molecular formula is C14H15N7O3. The first kappa shape index (κ1) is 15.6. The molecule has 10 heteroatoms. The van der Waals surface area contributed by atoms with Crippen LogP contribution in [0.5, 0.6) is 0 Å². The maximum Gasteiger partial charge on any atom is 0.340 e. The molecule has 0 radical (unpaired) electrons. The second-order valence-electron chi connectivity index (χ2n) is 5.26. The van der Waals surface area contributed by atoms with Crippen LogP contribution in [0.3, 0.4) is 0 Å². The highest BCUT2D eigenvalue weighted by Crippen LogP contribution is 2.19. The number of anilines is 1. The first-order valence-electron chi connectivity index (χ1n) is 7.12. The van der Waals surface area contributed by atoms with Gasteiger partial charge in [-0.3, -0.25) is 9.48 Å². The molecule has 10 nitrogen and oxygen atoms in total. The van der Waals surface area contributed by atoms with Crippen LogP contribution in [-0.4, -0.2) is 43.1 Å². The molecule has 0 aliphatic carbocycles. The summed E-state index contributed by atoms with van der Waals surface area (Å²) in [7, 11) is 1.25. The summed E-state index contributed by atoms with van der Waals surface area (Å²) in [5.74, 6) is -0.597. The first-order valence-corrected chi connectivity index (χ1v) is 7.12. The molecular weight excluding hydrogens is 314 g/mol. The van der Waals surface area contributed by atoms with Crippen molar-refractivity contribution in [3.05, 3.63) is 40.4 Å². The fraction of sp³-hybridized carbons (Fsp3) is 0.286. The van der Waals surface area contributed by atoms with E-state index >= 15 is 0 Å². The van der Waals surface area contributed by atoms with Gasteiger partial charge in [-0.25, -0.2) is 9.48 Å². The van der Waals surface area contributed by atoms with Crippen LogP contribution in [0.25, 0.3) is 10.9 Å². The van der Waals surface area contributed by atoms with Gasteiger partial charge in [-0.15, -0.1) is 10.2 Å². The third kappa shape index (κ3) is 2.69. The number of nitrogen functional groups attached to an aromatic ring is 1. The minimum atomic E-state index is -0.597. The molecule has 2 aromatic heterocycles. The highest BCUT2D eigenvalue weighted by atomic mass is 16.5. The summed E-state index contributed by atoms with van der Waals surface area (Å²) < 4.78 is 7.50. The van der Waals surface area contributed by atoms with Crippen LogP contribution in [0.4, 0.5) is 5.69 Å². The Kier molecular flexibility index (Phi) is 3.94. The van der Waals surface area contributed by atoms with Crippen molar-refractivity contribution in [1.82, 2.24) is 30.0 Å². The van der Waals surface area contributed by atoms with Gasteiger partial charge in [0.2, 0.25) is 0 Å². The minimum absolute atomic E-state index is 0.145. The number of carbonyl (C=O) groups is 1. The first-order chi connectivity index (χ1) is 11.5. The number of aromatic nitrogens is 6. The molecule has 0 aliphatic rings. The van der Waals surface area contributed by atoms with E-state index in [1.807, 2.05) is 6.92 Å². The van der Waals surface area contributed by atoms with Crippen LogP contribution in [-0.2, 0) is 11.3 Å². The van der Waals surface area contributed by atoms with Gasteiger partial charge in [0.05, 0.1) is 36.8 Å². The van der Waals surface area contributed by atoms with Gasteiger partial charge in [0.15, 0.2) is 0 Å². The van der Waals surface area contributed by atoms with Crippen LogP contribution < -0.4 is 11.3 Å². The third-order valence-electron chi connectivity index (χ3n) is 3.60. The Morgan fingerprint density at radius 3 is 2.83 bits per heavy atom. The van der Waals surface area contributed by atoms with E-state index in [-0.39, 0.29) is 33.8 Å². The molecule has 24 heavy (non-hydrogen) atoms. The molecule has 0 saturated heterocycles. The van der Waals surface area contributed by atoms with E-state index in [9.17, 15) is 9.59 Å². The Morgan fingerprint density at radius 1 is 1.38 bits per heavy atom. The van der Waals surface area contributed by atoms with Gasteiger partial charge in [0.25, 0.3) is 5.56 Å². The molecule has 3 rings (SSSR count). The number of hydrogen-bond acceptors (Lipinski definition) is 8. The van der Waals surface area contributed by atoms with Crippen molar-refractivity contribution in [3.8, 4) is 0 Å². The quantitative estimate of drug-likeness (QED) is 0.523. The average Bonchev–Trinajstić information content (AvgIpc) is 3.07. The molecule has 2 heterocycles. The Labute approximate surface area is 135 Å². The molecule has 0 saturated carbocycles. The van der Waals surface area contributed by atoms with E-state index in [0.29, 0.717) is 6.54 Å². The summed E-state index contributed by atoms with van der Waals surface area (Å²) in [4.78, 5) is 24.3. The lowest BCUT2D eigenvalue weighted by molar-refractivity contribution is 0.0602. The number of benzene rings is 1. The van der Waals surface area contributed by atoms with Gasteiger partial charge in [-0.1, -0.05) is 10.4 Å². The normalized spacial score (nSPS) is 12.2. The van der Waals surface area contributed by atoms with Crippen molar-refractivity contribution in [1.29, 1.82) is 0 Å². The van der Waals surface area contributed by atoms with E-state index in [1.165, 1.54) is 23.9 Å². The van der Waals surface area contributed by atoms with Crippen LogP contribution in [0, 0.1) is 0 Å². The van der Waals surface area contributed by atoms with E-state index < -0.39 is 5.97 Å². The Bertz CT molecular complexity index is 949. The molecule has 0 amide bonds. The number of nitrogens with zero attached hydrogens (tertiary/aromatic N) is 6. The number of rotatable bonds is 4. The fourth-order valence-corrected chi connectivity index (χ4v) is 2.37. The van der Waals surface area contributed by atoms with Gasteiger partial charge in [0.1, 0.15) is 5.52 Å². The zero-order valence-corrected chi connectivity index (χ0v) is 13.1. The number of ether oxygens (including phenoxy) is 1. The summed E-state index contributed by atoms with van der Waals surface area (Å²) in [5.41, 5.74) is 6.07. The molecule has 124 valence electrons. The average molecular weight is 329 g/mol. The second-order valence-corrected chi connectivity index (χ2v) is 5.26. The van der Waals surface area contributed by atoms with Crippen LogP contribution in [0.15, 0.2) is 29.3 Å². The Hall–Kier alpha value is -3.30. The predicted octanol–water partition coefficient (Wildman–Crippen LogP) is 0.0130. The molecule has 2 N–H and O–H groups in total. The van der Waals surface area contributed by atoms with E-state index in [2.05, 4.69) is 25.4 Å². The van der Waals surface area contributed by atoms with Gasteiger partial charge in [-0.2, -0.15) is 0 Å². The number of fused-ring (bicyclic) bond motifs is 1. The van der Waals surface area contributed by atoms with Crippen molar-refractivity contribution < 1.29 is 9.53 Å². The van der Waals surface area contributed by atoms with Crippen molar-refractivity contribution in [2.24, 2.45) is 0 Å². The topological polar surface area (TPSA) is 131 Å². The summed E-state index contributed by atoms with van der Waals surface area (Å²) >= 11 is 0. The molecule has 1 atom stereocenters. The minimum Gasteiger partial charge on any atom is -0.465 e. The van der Waals surface area contributed by atoms with Crippen molar-refractivity contribution in [2.45, 2.75) is 19.5 Å². The summed E-state index contributed by atoms with van der Waals surface area (Å²) in [6, 6.07) is 2.52.